The Morgan fingerprint density at radius 1 is 1.07 bits per heavy atom. The highest BCUT2D eigenvalue weighted by Crippen LogP contribution is 2.28. The van der Waals surface area contributed by atoms with Gasteiger partial charge in [-0.3, -0.25) is 9.59 Å². The molecule has 0 spiro atoms. The number of fused-ring (bicyclic) bond motifs is 1. The lowest BCUT2D eigenvalue weighted by Gasteiger charge is -2.33. The van der Waals surface area contributed by atoms with Gasteiger partial charge < -0.3 is 15.2 Å². The molecule has 1 aromatic heterocycles. The fourth-order valence-electron chi connectivity index (χ4n) is 4.96. The van der Waals surface area contributed by atoms with Crippen molar-refractivity contribution in [2.24, 2.45) is 11.8 Å². The summed E-state index contributed by atoms with van der Waals surface area (Å²) >= 11 is 0. The Bertz CT molecular complexity index is 830. The van der Waals surface area contributed by atoms with Crippen LogP contribution in [0.2, 0.25) is 0 Å². The molecule has 1 atom stereocenters. The topological polar surface area (TPSA) is 78.1 Å². The van der Waals surface area contributed by atoms with Crippen molar-refractivity contribution < 1.29 is 9.59 Å². The minimum absolute atomic E-state index is 0.0648. The van der Waals surface area contributed by atoms with Gasteiger partial charge in [0.25, 0.3) is 0 Å². The number of carbonyl (C=O) groups is 2. The molecular formula is C24H34N4O2. The number of aromatic nitrogens is 2. The van der Waals surface area contributed by atoms with Crippen molar-refractivity contribution in [1.82, 2.24) is 20.2 Å². The number of aromatic amines is 1. The summed E-state index contributed by atoms with van der Waals surface area (Å²) in [5.41, 5.74) is 1.90. The largest absolute Gasteiger partial charge is 0.346 e. The Labute approximate surface area is 178 Å². The third kappa shape index (κ3) is 5.21. The smallest absolute Gasteiger partial charge is 0.222 e. The van der Waals surface area contributed by atoms with Crippen molar-refractivity contribution in [3.63, 3.8) is 0 Å². The highest BCUT2D eigenvalue weighted by molar-refractivity contribution is 5.78. The number of H-pyrrole nitrogens is 1. The molecule has 1 aromatic carbocycles. The minimum Gasteiger partial charge on any atom is -0.346 e. The van der Waals surface area contributed by atoms with Gasteiger partial charge in [-0.25, -0.2) is 4.98 Å². The molecule has 2 aliphatic rings. The second kappa shape index (κ2) is 9.63. The van der Waals surface area contributed by atoms with Crippen molar-refractivity contribution in [3.8, 4) is 0 Å². The molecule has 6 heteroatoms. The van der Waals surface area contributed by atoms with E-state index >= 15 is 0 Å². The summed E-state index contributed by atoms with van der Waals surface area (Å²) in [5, 5.41) is 3.08. The monoisotopic (exact) mass is 410 g/mol. The minimum atomic E-state index is -0.151. The Hall–Kier alpha value is -2.37. The van der Waals surface area contributed by atoms with Crippen molar-refractivity contribution in [2.45, 2.75) is 70.8 Å². The molecule has 2 fully saturated rings. The maximum atomic E-state index is 12.6. The molecule has 2 heterocycles. The van der Waals surface area contributed by atoms with Gasteiger partial charge in [-0.2, -0.15) is 0 Å². The summed E-state index contributed by atoms with van der Waals surface area (Å²) in [7, 11) is 0. The van der Waals surface area contributed by atoms with E-state index in [2.05, 4.69) is 15.3 Å². The van der Waals surface area contributed by atoms with Gasteiger partial charge in [-0.1, -0.05) is 31.4 Å². The molecule has 1 unspecified atom stereocenters. The molecule has 0 bridgehead atoms. The quantitative estimate of drug-likeness (QED) is 0.744. The third-order valence-corrected chi connectivity index (χ3v) is 6.82. The van der Waals surface area contributed by atoms with Gasteiger partial charge in [0.05, 0.1) is 17.1 Å². The Morgan fingerprint density at radius 2 is 1.77 bits per heavy atom. The van der Waals surface area contributed by atoms with Crippen LogP contribution in [0.25, 0.3) is 11.0 Å². The van der Waals surface area contributed by atoms with Crippen LogP contribution < -0.4 is 5.32 Å². The van der Waals surface area contributed by atoms with Crippen LogP contribution in [0.1, 0.15) is 76.6 Å². The van der Waals surface area contributed by atoms with Crippen LogP contribution in [0.5, 0.6) is 0 Å². The number of imidazole rings is 1. The highest BCUT2D eigenvalue weighted by atomic mass is 16.2. The first-order chi connectivity index (χ1) is 14.6. The zero-order chi connectivity index (χ0) is 20.9. The Balaban J connectivity index is 1.20. The van der Waals surface area contributed by atoms with Gasteiger partial charge in [0.1, 0.15) is 5.82 Å². The number of hydrogen-bond acceptors (Lipinski definition) is 3. The number of nitrogens with one attached hydrogen (secondary N) is 2. The predicted molar refractivity (Wildman–Crippen MR) is 118 cm³/mol. The number of carbonyl (C=O) groups excluding carboxylic acids is 2. The molecule has 0 radical (unpaired) electrons. The van der Waals surface area contributed by atoms with Crippen LogP contribution in [0.15, 0.2) is 24.3 Å². The maximum Gasteiger partial charge on any atom is 0.222 e. The van der Waals surface area contributed by atoms with E-state index in [9.17, 15) is 9.59 Å². The van der Waals surface area contributed by atoms with Crippen LogP contribution in [-0.2, 0) is 9.59 Å². The molecule has 1 saturated carbocycles. The van der Waals surface area contributed by atoms with Crippen molar-refractivity contribution in [3.05, 3.63) is 30.1 Å². The molecule has 1 aliphatic carbocycles. The molecule has 30 heavy (non-hydrogen) atoms. The van der Waals surface area contributed by atoms with Crippen LogP contribution >= 0.6 is 0 Å². The van der Waals surface area contributed by atoms with Crippen LogP contribution in [-0.4, -0.2) is 39.8 Å². The summed E-state index contributed by atoms with van der Waals surface area (Å²) in [4.78, 5) is 35.1. The lowest BCUT2D eigenvalue weighted by atomic mass is 9.86. The second-order valence-electron chi connectivity index (χ2n) is 9.16. The molecule has 1 saturated heterocycles. The molecule has 2 amide bonds. The average Bonchev–Trinajstić information content (AvgIpc) is 3.19. The van der Waals surface area contributed by atoms with Crippen molar-refractivity contribution >= 4 is 22.8 Å². The summed E-state index contributed by atoms with van der Waals surface area (Å²) in [6.45, 7) is 3.55. The summed E-state index contributed by atoms with van der Waals surface area (Å²) in [6, 6.07) is 7.74. The molecule has 162 valence electrons. The van der Waals surface area contributed by atoms with E-state index in [1.165, 1.54) is 32.1 Å². The number of rotatable bonds is 6. The zero-order valence-electron chi connectivity index (χ0n) is 18.0. The van der Waals surface area contributed by atoms with Crippen LogP contribution in [0, 0.1) is 11.8 Å². The van der Waals surface area contributed by atoms with Gasteiger partial charge >= 0.3 is 0 Å². The zero-order valence-corrected chi connectivity index (χ0v) is 18.0. The number of para-hydroxylation sites is 2. The first-order valence-corrected chi connectivity index (χ1v) is 11.6. The van der Waals surface area contributed by atoms with E-state index in [1.54, 1.807) is 0 Å². The van der Waals surface area contributed by atoms with Crippen LogP contribution in [0.4, 0.5) is 0 Å². The molecule has 4 rings (SSSR count). The number of hydrogen-bond donors (Lipinski definition) is 2. The normalized spacial score (nSPS) is 19.7. The van der Waals surface area contributed by atoms with E-state index < -0.39 is 0 Å². The number of benzene rings is 1. The van der Waals surface area contributed by atoms with Gasteiger partial charge in [-0.05, 0) is 56.6 Å². The maximum absolute atomic E-state index is 12.6. The van der Waals surface area contributed by atoms with Gasteiger partial charge in [0, 0.05) is 25.9 Å². The number of piperidine rings is 1. The first kappa shape index (κ1) is 20.9. The summed E-state index contributed by atoms with van der Waals surface area (Å²) < 4.78 is 0. The highest BCUT2D eigenvalue weighted by Gasteiger charge is 2.27. The van der Waals surface area contributed by atoms with Crippen molar-refractivity contribution in [2.75, 3.05) is 13.1 Å². The van der Waals surface area contributed by atoms with E-state index in [0.29, 0.717) is 24.2 Å². The molecule has 6 nitrogen and oxygen atoms in total. The molecule has 1 aliphatic heterocycles. The van der Waals surface area contributed by atoms with Gasteiger partial charge in [-0.15, -0.1) is 0 Å². The fourth-order valence-corrected chi connectivity index (χ4v) is 4.96. The second-order valence-corrected chi connectivity index (χ2v) is 9.16. The molecular weight excluding hydrogens is 376 g/mol. The van der Waals surface area contributed by atoms with E-state index in [1.807, 2.05) is 36.1 Å². The lowest BCUT2D eigenvalue weighted by Crippen LogP contribution is -2.40. The third-order valence-electron chi connectivity index (χ3n) is 6.82. The van der Waals surface area contributed by atoms with E-state index in [0.717, 1.165) is 49.2 Å². The molecule has 2 aromatic rings. The van der Waals surface area contributed by atoms with Crippen LogP contribution in [0.3, 0.4) is 0 Å². The standard InChI is InChI=1S/C24H34N4O2/c1-17(24-26-20-9-5-6-10-21(20)27-24)25-22(29)15-19-11-13-28(14-12-19)23(30)16-18-7-3-2-4-8-18/h5-6,9-10,17-19H,2-4,7-8,11-16H2,1H3,(H,25,29)(H,26,27). The first-order valence-electron chi connectivity index (χ1n) is 11.6. The van der Waals surface area contributed by atoms with Crippen molar-refractivity contribution in [1.29, 1.82) is 0 Å². The predicted octanol–water partition coefficient (Wildman–Crippen LogP) is 4.34. The number of nitrogens with zero attached hydrogens (tertiary/aromatic N) is 2. The number of likely N-dealkylation sites (tertiary alicyclic amines) is 1. The lowest BCUT2D eigenvalue weighted by molar-refractivity contribution is -0.134. The fraction of sp³-hybridized carbons (Fsp3) is 0.625. The summed E-state index contributed by atoms with van der Waals surface area (Å²) in [6.07, 6.45) is 9.40. The Morgan fingerprint density at radius 3 is 2.50 bits per heavy atom. The Kier molecular flexibility index (Phi) is 6.70. The SMILES string of the molecule is CC(NC(=O)CC1CCN(C(=O)CC2CCCCC2)CC1)c1nc2ccccc2[nH]1. The van der Waals surface area contributed by atoms with Gasteiger partial charge in [0.15, 0.2) is 0 Å². The van der Waals surface area contributed by atoms with E-state index in [-0.39, 0.29) is 11.9 Å². The van der Waals surface area contributed by atoms with E-state index in [4.69, 9.17) is 0 Å². The number of amides is 2. The molecule has 2 N–H and O–H groups in total. The van der Waals surface area contributed by atoms with Gasteiger partial charge in [0.2, 0.25) is 11.8 Å². The summed E-state index contributed by atoms with van der Waals surface area (Å²) in [5.74, 6) is 2.12. The average molecular weight is 411 g/mol.